The minimum absolute atomic E-state index is 0.0120. The lowest BCUT2D eigenvalue weighted by Crippen LogP contribution is -2.62. The Bertz CT molecular complexity index is 689. The summed E-state index contributed by atoms with van der Waals surface area (Å²) in [5.74, 6) is 2.38. The molecule has 2 aliphatic heterocycles. The molecule has 0 bridgehead atoms. The smallest absolute Gasteiger partial charge is 0.322 e. The Hall–Kier alpha value is -0.890. The standard InChI is InChI=1S/C22H35N3O2S2/c1-5-18-14-25(19(6-2)13-24(18)15-22(3,4)27)21(26)23-17-9-7-8-16(12-17)20-28-10-11-29-20/h7-9,12,18-20,27H,5-6,10-11,13-15H2,1-4H3,(H,23,26)/t18-,19+/m1/s1. The number of thioether (sulfide) groups is 2. The van der Waals surface area contributed by atoms with E-state index >= 15 is 0 Å². The van der Waals surface area contributed by atoms with Gasteiger partial charge >= 0.3 is 6.03 Å². The van der Waals surface area contributed by atoms with Crippen LogP contribution in [0.15, 0.2) is 24.3 Å². The number of nitrogens with zero attached hydrogens (tertiary/aromatic N) is 2. The van der Waals surface area contributed by atoms with Crippen LogP contribution in [-0.2, 0) is 0 Å². The van der Waals surface area contributed by atoms with Crippen LogP contribution in [0.25, 0.3) is 0 Å². The molecule has 7 heteroatoms. The van der Waals surface area contributed by atoms with Gasteiger partial charge in [0.1, 0.15) is 0 Å². The van der Waals surface area contributed by atoms with Gasteiger partial charge in [-0.3, -0.25) is 4.90 Å². The lowest BCUT2D eigenvalue weighted by Gasteiger charge is -2.47. The number of nitrogens with one attached hydrogen (secondary N) is 1. The quantitative estimate of drug-likeness (QED) is 0.679. The van der Waals surface area contributed by atoms with Gasteiger partial charge in [0, 0.05) is 48.9 Å². The number of carbonyl (C=O) groups excluding carboxylic acids is 1. The predicted molar refractivity (Wildman–Crippen MR) is 126 cm³/mol. The molecule has 29 heavy (non-hydrogen) atoms. The monoisotopic (exact) mass is 437 g/mol. The summed E-state index contributed by atoms with van der Waals surface area (Å²) in [5.41, 5.74) is 1.43. The van der Waals surface area contributed by atoms with E-state index in [9.17, 15) is 9.90 Å². The lowest BCUT2D eigenvalue weighted by molar-refractivity contribution is -0.0173. The number of carbonyl (C=O) groups is 1. The van der Waals surface area contributed by atoms with Gasteiger partial charge in [-0.2, -0.15) is 0 Å². The number of piperazine rings is 1. The molecule has 2 aliphatic rings. The van der Waals surface area contributed by atoms with Crippen molar-refractivity contribution in [1.82, 2.24) is 9.80 Å². The van der Waals surface area contributed by atoms with E-state index in [1.165, 1.54) is 17.1 Å². The molecular formula is C22H35N3O2S2. The van der Waals surface area contributed by atoms with Crippen LogP contribution in [0.2, 0.25) is 0 Å². The minimum Gasteiger partial charge on any atom is -0.389 e. The minimum atomic E-state index is -0.729. The SMILES string of the molecule is CC[C@@H]1CN(C(=O)Nc2cccc(C3SCCS3)c2)[C@@H](CC)CN1CC(C)(C)O. The summed E-state index contributed by atoms with van der Waals surface area (Å²) in [6, 6.07) is 8.71. The molecule has 1 aromatic rings. The Kier molecular flexibility index (Phi) is 7.81. The molecule has 2 saturated heterocycles. The van der Waals surface area contributed by atoms with E-state index in [0.29, 0.717) is 17.7 Å². The fourth-order valence-corrected chi connectivity index (χ4v) is 7.03. The zero-order valence-electron chi connectivity index (χ0n) is 18.1. The third-order valence-electron chi connectivity index (χ3n) is 5.64. The number of benzene rings is 1. The van der Waals surface area contributed by atoms with Crippen LogP contribution in [0.4, 0.5) is 10.5 Å². The second kappa shape index (κ2) is 9.94. The van der Waals surface area contributed by atoms with E-state index in [0.717, 1.165) is 25.1 Å². The topological polar surface area (TPSA) is 55.8 Å². The van der Waals surface area contributed by atoms with Crippen molar-refractivity contribution >= 4 is 35.2 Å². The van der Waals surface area contributed by atoms with E-state index in [1.807, 2.05) is 54.4 Å². The molecule has 3 rings (SSSR count). The second-order valence-corrected chi connectivity index (χ2v) is 11.4. The Morgan fingerprint density at radius 3 is 2.48 bits per heavy atom. The summed E-state index contributed by atoms with van der Waals surface area (Å²) >= 11 is 3.95. The number of amides is 2. The first-order valence-corrected chi connectivity index (χ1v) is 12.8. The highest BCUT2D eigenvalue weighted by atomic mass is 32.2. The molecular weight excluding hydrogens is 402 g/mol. The van der Waals surface area contributed by atoms with Gasteiger partial charge in [0.25, 0.3) is 0 Å². The maximum Gasteiger partial charge on any atom is 0.322 e. The first-order valence-electron chi connectivity index (χ1n) is 10.7. The van der Waals surface area contributed by atoms with E-state index in [4.69, 9.17) is 0 Å². The maximum absolute atomic E-state index is 13.2. The number of aliphatic hydroxyl groups is 1. The van der Waals surface area contributed by atoms with Crippen molar-refractivity contribution in [1.29, 1.82) is 0 Å². The third-order valence-corrected chi connectivity index (χ3v) is 8.74. The van der Waals surface area contributed by atoms with Gasteiger partial charge in [0.05, 0.1) is 10.2 Å². The Morgan fingerprint density at radius 2 is 1.86 bits per heavy atom. The van der Waals surface area contributed by atoms with E-state index in [1.54, 1.807) is 0 Å². The second-order valence-electron chi connectivity index (χ2n) is 8.65. The Balaban J connectivity index is 1.68. The van der Waals surface area contributed by atoms with Gasteiger partial charge in [-0.25, -0.2) is 4.79 Å². The van der Waals surface area contributed by atoms with E-state index in [2.05, 4.69) is 36.2 Å². The van der Waals surface area contributed by atoms with E-state index in [-0.39, 0.29) is 18.1 Å². The normalized spacial score (nSPS) is 24.1. The maximum atomic E-state index is 13.2. The summed E-state index contributed by atoms with van der Waals surface area (Å²) in [7, 11) is 0. The van der Waals surface area contributed by atoms with Crippen LogP contribution in [0.5, 0.6) is 0 Å². The summed E-state index contributed by atoms with van der Waals surface area (Å²) in [6.45, 7) is 10.1. The molecule has 2 heterocycles. The largest absolute Gasteiger partial charge is 0.389 e. The zero-order valence-corrected chi connectivity index (χ0v) is 19.7. The highest BCUT2D eigenvalue weighted by Crippen LogP contribution is 2.45. The molecule has 2 N–H and O–H groups in total. The van der Waals surface area contributed by atoms with Gasteiger partial charge < -0.3 is 15.3 Å². The molecule has 0 radical (unpaired) electrons. The molecule has 0 aliphatic carbocycles. The lowest BCUT2D eigenvalue weighted by atomic mass is 10.00. The average molecular weight is 438 g/mol. The highest BCUT2D eigenvalue weighted by Gasteiger charge is 2.36. The van der Waals surface area contributed by atoms with Crippen LogP contribution < -0.4 is 5.32 Å². The van der Waals surface area contributed by atoms with Crippen molar-refractivity contribution in [3.8, 4) is 0 Å². The fraction of sp³-hybridized carbons (Fsp3) is 0.682. The van der Waals surface area contributed by atoms with Gasteiger partial charge in [0.15, 0.2) is 0 Å². The van der Waals surface area contributed by atoms with Crippen LogP contribution in [0, 0.1) is 0 Å². The van der Waals surface area contributed by atoms with E-state index < -0.39 is 5.60 Å². The van der Waals surface area contributed by atoms with Crippen LogP contribution >= 0.6 is 23.5 Å². The molecule has 0 aromatic heterocycles. The van der Waals surface area contributed by atoms with Crippen molar-refractivity contribution in [2.45, 2.75) is 62.8 Å². The predicted octanol–water partition coefficient (Wildman–Crippen LogP) is 4.64. The van der Waals surface area contributed by atoms with Crippen LogP contribution in [0.3, 0.4) is 0 Å². The van der Waals surface area contributed by atoms with Gasteiger partial charge in [-0.05, 0) is 44.4 Å². The zero-order chi connectivity index (χ0) is 21.0. The highest BCUT2D eigenvalue weighted by molar-refractivity contribution is 8.19. The number of hydrogen-bond acceptors (Lipinski definition) is 5. The summed E-state index contributed by atoms with van der Waals surface area (Å²) < 4.78 is 0.477. The molecule has 2 amide bonds. The van der Waals surface area contributed by atoms with Crippen LogP contribution in [0.1, 0.15) is 50.7 Å². The van der Waals surface area contributed by atoms with Crippen LogP contribution in [-0.4, -0.2) is 69.8 Å². The van der Waals surface area contributed by atoms with Crippen molar-refractivity contribution in [2.24, 2.45) is 0 Å². The molecule has 2 atom stereocenters. The van der Waals surface area contributed by atoms with Crippen molar-refractivity contribution < 1.29 is 9.90 Å². The summed E-state index contributed by atoms with van der Waals surface area (Å²) in [5, 5.41) is 13.4. The van der Waals surface area contributed by atoms with Crippen molar-refractivity contribution in [2.75, 3.05) is 36.5 Å². The number of β-amino-alcohol motifs (C(OH)–C–C–N with tert-alkyl or cyclic N) is 1. The molecule has 0 unspecified atom stereocenters. The number of rotatable bonds is 6. The van der Waals surface area contributed by atoms with Gasteiger partial charge in [-0.1, -0.05) is 26.0 Å². The fourth-order valence-electron chi connectivity index (χ4n) is 4.20. The number of anilines is 1. The van der Waals surface area contributed by atoms with Crippen molar-refractivity contribution in [3.63, 3.8) is 0 Å². The van der Waals surface area contributed by atoms with Gasteiger partial charge in [0.2, 0.25) is 0 Å². The Labute approximate surface area is 184 Å². The average Bonchev–Trinajstić information content (AvgIpc) is 3.21. The molecule has 0 saturated carbocycles. The molecule has 0 spiro atoms. The Morgan fingerprint density at radius 1 is 1.17 bits per heavy atom. The number of urea groups is 1. The third kappa shape index (κ3) is 6.06. The molecule has 1 aromatic carbocycles. The molecule has 5 nitrogen and oxygen atoms in total. The summed E-state index contributed by atoms with van der Waals surface area (Å²) in [6.07, 6.45) is 1.86. The molecule has 162 valence electrons. The van der Waals surface area contributed by atoms with Gasteiger partial charge in [-0.15, -0.1) is 23.5 Å². The first-order chi connectivity index (χ1) is 13.8. The summed E-state index contributed by atoms with van der Waals surface area (Å²) in [4.78, 5) is 17.5. The molecule has 2 fully saturated rings. The number of hydrogen-bond donors (Lipinski definition) is 2. The first kappa shape index (κ1) is 22.8. The van der Waals surface area contributed by atoms with Crippen molar-refractivity contribution in [3.05, 3.63) is 29.8 Å².